The SMILES string of the molecule is CCCn1c(-c2nc(C(=O)Nc3nc(CC(=O)NC)cs3)cs2)cc2ccccc21. The van der Waals surface area contributed by atoms with Gasteiger partial charge >= 0.3 is 0 Å². The van der Waals surface area contributed by atoms with Crippen LogP contribution in [0.2, 0.25) is 0 Å². The predicted molar refractivity (Wildman–Crippen MR) is 121 cm³/mol. The molecule has 0 spiro atoms. The van der Waals surface area contributed by atoms with Gasteiger partial charge in [0.15, 0.2) is 5.13 Å². The van der Waals surface area contributed by atoms with E-state index in [0.717, 1.165) is 29.1 Å². The Hall–Kier alpha value is -3.04. The second kappa shape index (κ2) is 8.76. The van der Waals surface area contributed by atoms with Crippen LogP contribution < -0.4 is 10.6 Å². The molecule has 4 aromatic rings. The fourth-order valence-electron chi connectivity index (χ4n) is 3.21. The first-order chi connectivity index (χ1) is 14.6. The van der Waals surface area contributed by atoms with Crippen molar-refractivity contribution in [1.29, 1.82) is 0 Å². The van der Waals surface area contributed by atoms with Crippen LogP contribution in [0.4, 0.5) is 5.13 Å². The normalized spacial score (nSPS) is 11.0. The zero-order chi connectivity index (χ0) is 21.1. The molecule has 2 N–H and O–H groups in total. The van der Waals surface area contributed by atoms with Gasteiger partial charge in [-0.2, -0.15) is 0 Å². The zero-order valence-electron chi connectivity index (χ0n) is 16.6. The van der Waals surface area contributed by atoms with Gasteiger partial charge in [-0.1, -0.05) is 25.1 Å². The number of rotatable bonds is 7. The summed E-state index contributed by atoms with van der Waals surface area (Å²) in [6.45, 7) is 3.03. The Kier molecular flexibility index (Phi) is 5.91. The number of aromatic nitrogens is 3. The Labute approximate surface area is 181 Å². The van der Waals surface area contributed by atoms with Gasteiger partial charge in [-0.05, 0) is 18.6 Å². The van der Waals surface area contributed by atoms with Gasteiger partial charge in [0, 0.05) is 35.3 Å². The van der Waals surface area contributed by atoms with Crippen molar-refractivity contribution in [1.82, 2.24) is 19.9 Å². The highest BCUT2D eigenvalue weighted by atomic mass is 32.1. The first-order valence-electron chi connectivity index (χ1n) is 9.59. The summed E-state index contributed by atoms with van der Waals surface area (Å²) < 4.78 is 2.25. The molecule has 3 aromatic heterocycles. The van der Waals surface area contributed by atoms with E-state index >= 15 is 0 Å². The number of thiazole rings is 2. The summed E-state index contributed by atoms with van der Waals surface area (Å²) >= 11 is 2.74. The number of carbonyl (C=O) groups is 2. The number of hydrogen-bond acceptors (Lipinski definition) is 6. The Morgan fingerprint density at radius 2 is 1.97 bits per heavy atom. The molecule has 30 heavy (non-hydrogen) atoms. The van der Waals surface area contributed by atoms with Gasteiger partial charge in [-0.15, -0.1) is 22.7 Å². The number of nitrogens with zero attached hydrogens (tertiary/aromatic N) is 3. The molecule has 0 atom stereocenters. The van der Waals surface area contributed by atoms with Crippen LogP contribution in [0.3, 0.4) is 0 Å². The number of aryl methyl sites for hydroxylation is 1. The molecule has 0 saturated heterocycles. The summed E-state index contributed by atoms with van der Waals surface area (Å²) in [5.74, 6) is -0.429. The molecule has 0 aliphatic rings. The third kappa shape index (κ3) is 4.12. The average Bonchev–Trinajstić information content (AvgIpc) is 3.47. The minimum atomic E-state index is -0.309. The molecule has 0 saturated carbocycles. The van der Waals surface area contributed by atoms with E-state index < -0.39 is 0 Å². The lowest BCUT2D eigenvalue weighted by Crippen LogP contribution is -2.20. The van der Waals surface area contributed by atoms with Crippen LogP contribution in [0.1, 0.15) is 29.5 Å². The third-order valence-corrected chi connectivity index (χ3v) is 6.28. The fraction of sp³-hybridized carbons (Fsp3) is 0.238. The van der Waals surface area contributed by atoms with Crippen molar-refractivity contribution in [2.24, 2.45) is 0 Å². The maximum atomic E-state index is 12.6. The van der Waals surface area contributed by atoms with Crippen LogP contribution in [-0.4, -0.2) is 33.4 Å². The van der Waals surface area contributed by atoms with Gasteiger partial charge in [0.1, 0.15) is 10.7 Å². The number of likely N-dealkylation sites (N-methyl/N-ethyl adjacent to an activating group) is 1. The highest BCUT2D eigenvalue weighted by Gasteiger charge is 2.17. The molecule has 0 aliphatic carbocycles. The van der Waals surface area contributed by atoms with E-state index in [1.807, 2.05) is 12.1 Å². The number of nitrogens with one attached hydrogen (secondary N) is 2. The number of fused-ring (bicyclic) bond motifs is 1. The van der Waals surface area contributed by atoms with Gasteiger partial charge < -0.3 is 9.88 Å². The van der Waals surface area contributed by atoms with Gasteiger partial charge in [0.05, 0.1) is 17.8 Å². The zero-order valence-corrected chi connectivity index (χ0v) is 18.3. The van der Waals surface area contributed by atoms with Crippen molar-refractivity contribution >= 4 is 50.5 Å². The van der Waals surface area contributed by atoms with E-state index in [9.17, 15) is 9.59 Å². The van der Waals surface area contributed by atoms with E-state index in [2.05, 4.69) is 50.3 Å². The summed E-state index contributed by atoms with van der Waals surface area (Å²) in [7, 11) is 1.58. The van der Waals surface area contributed by atoms with E-state index in [-0.39, 0.29) is 18.2 Å². The molecule has 9 heteroatoms. The third-order valence-electron chi connectivity index (χ3n) is 4.61. The first kappa shape index (κ1) is 20.2. The van der Waals surface area contributed by atoms with E-state index in [4.69, 9.17) is 0 Å². The first-order valence-corrected chi connectivity index (χ1v) is 11.4. The lowest BCUT2D eigenvalue weighted by atomic mass is 10.2. The topological polar surface area (TPSA) is 88.9 Å². The molecule has 154 valence electrons. The molecule has 0 unspecified atom stereocenters. The monoisotopic (exact) mass is 439 g/mol. The molecular weight excluding hydrogens is 418 g/mol. The largest absolute Gasteiger partial charge is 0.359 e. The summed E-state index contributed by atoms with van der Waals surface area (Å²) in [6, 6.07) is 10.4. The van der Waals surface area contributed by atoms with Crippen LogP contribution in [0, 0.1) is 0 Å². The Morgan fingerprint density at radius 1 is 1.13 bits per heavy atom. The highest BCUT2D eigenvalue weighted by molar-refractivity contribution is 7.14. The van der Waals surface area contributed by atoms with Gasteiger partial charge in [0.2, 0.25) is 5.91 Å². The van der Waals surface area contributed by atoms with E-state index in [1.54, 1.807) is 17.8 Å². The lowest BCUT2D eigenvalue weighted by molar-refractivity contribution is -0.120. The van der Waals surface area contributed by atoms with Crippen molar-refractivity contribution in [2.45, 2.75) is 26.3 Å². The van der Waals surface area contributed by atoms with Gasteiger partial charge in [-0.3, -0.25) is 14.9 Å². The lowest BCUT2D eigenvalue weighted by Gasteiger charge is -2.07. The van der Waals surface area contributed by atoms with Crippen LogP contribution in [-0.2, 0) is 17.8 Å². The maximum absolute atomic E-state index is 12.6. The van der Waals surface area contributed by atoms with Crippen molar-refractivity contribution in [3.63, 3.8) is 0 Å². The molecule has 3 heterocycles. The fourth-order valence-corrected chi connectivity index (χ4v) is 4.74. The minimum absolute atomic E-state index is 0.121. The van der Waals surface area contributed by atoms with Gasteiger partial charge in [-0.25, -0.2) is 9.97 Å². The van der Waals surface area contributed by atoms with E-state index in [0.29, 0.717) is 16.5 Å². The van der Waals surface area contributed by atoms with E-state index in [1.165, 1.54) is 28.2 Å². The minimum Gasteiger partial charge on any atom is -0.359 e. The number of amides is 2. The number of benzene rings is 1. The smallest absolute Gasteiger partial charge is 0.276 e. The van der Waals surface area contributed by atoms with Crippen LogP contribution in [0.25, 0.3) is 21.6 Å². The standard InChI is InChI=1S/C21H21N5O2S2/c1-3-8-26-16-7-5-4-6-13(16)9-17(26)20-24-15(12-29-20)19(28)25-21-23-14(11-30-21)10-18(27)22-2/h4-7,9,11-12H,3,8,10H2,1-2H3,(H,22,27)(H,23,25,28). The molecule has 0 bridgehead atoms. The second-order valence-corrected chi connectivity index (χ2v) is 8.44. The van der Waals surface area contributed by atoms with Crippen LogP contribution >= 0.6 is 22.7 Å². The van der Waals surface area contributed by atoms with Crippen molar-refractivity contribution in [3.8, 4) is 10.7 Å². The molecular formula is C21H21N5O2S2. The van der Waals surface area contributed by atoms with Crippen molar-refractivity contribution in [2.75, 3.05) is 12.4 Å². The number of carbonyl (C=O) groups excluding carboxylic acids is 2. The number of anilines is 1. The molecule has 0 aliphatic heterocycles. The van der Waals surface area contributed by atoms with Crippen LogP contribution in [0.5, 0.6) is 0 Å². The Bertz CT molecular complexity index is 1210. The molecule has 1 aromatic carbocycles. The molecule has 0 fully saturated rings. The molecule has 7 nitrogen and oxygen atoms in total. The summed E-state index contributed by atoms with van der Waals surface area (Å²) in [5, 5.41) is 11.3. The molecule has 2 amide bonds. The predicted octanol–water partition coefficient (Wildman–Crippen LogP) is 4.17. The highest BCUT2D eigenvalue weighted by Crippen LogP contribution is 2.31. The Morgan fingerprint density at radius 3 is 2.77 bits per heavy atom. The average molecular weight is 440 g/mol. The maximum Gasteiger partial charge on any atom is 0.276 e. The number of hydrogen-bond donors (Lipinski definition) is 2. The summed E-state index contributed by atoms with van der Waals surface area (Å²) in [6.07, 6.45) is 1.19. The van der Waals surface area contributed by atoms with Crippen molar-refractivity contribution < 1.29 is 9.59 Å². The summed E-state index contributed by atoms with van der Waals surface area (Å²) in [4.78, 5) is 33.0. The molecule has 0 radical (unpaired) electrons. The number of para-hydroxylation sites is 1. The Balaban J connectivity index is 1.54. The second-order valence-electron chi connectivity index (χ2n) is 6.73. The van der Waals surface area contributed by atoms with Crippen LogP contribution in [0.15, 0.2) is 41.1 Å². The summed E-state index contributed by atoms with van der Waals surface area (Å²) in [5.41, 5.74) is 3.16. The van der Waals surface area contributed by atoms with Crippen molar-refractivity contribution in [3.05, 3.63) is 52.5 Å². The quantitative estimate of drug-likeness (QED) is 0.452. The van der Waals surface area contributed by atoms with Gasteiger partial charge in [0.25, 0.3) is 5.91 Å². The molecule has 4 rings (SSSR count).